The monoisotopic (exact) mass is 346 g/mol. The topological polar surface area (TPSA) is 105 Å². The van der Waals surface area contributed by atoms with Crippen molar-refractivity contribution >= 4 is 22.0 Å². The molecule has 1 fully saturated rings. The first-order valence-corrected chi connectivity index (χ1v) is 6.85. The van der Waals surface area contributed by atoms with Crippen LogP contribution in [-0.4, -0.2) is 38.6 Å². The Morgan fingerprint density at radius 3 is 2.90 bits per heavy atom. The highest BCUT2D eigenvalue weighted by molar-refractivity contribution is 9.11. The molecule has 0 radical (unpaired) electrons. The number of H-pyrrole nitrogens is 1. The molecule has 0 spiro atoms. The van der Waals surface area contributed by atoms with Gasteiger partial charge in [-0.1, -0.05) is 15.9 Å². The summed E-state index contributed by atoms with van der Waals surface area (Å²) >= 11 is 3.22. The summed E-state index contributed by atoms with van der Waals surface area (Å²) in [5, 5.41) is 18.7. The van der Waals surface area contributed by atoms with Crippen molar-refractivity contribution < 1.29 is 14.9 Å². The third kappa shape index (κ3) is 3.09. The van der Waals surface area contributed by atoms with Crippen LogP contribution >= 0.6 is 15.9 Å². The second-order valence-electron chi connectivity index (χ2n) is 4.60. The molecular formula is C12H15BrN2O5. The van der Waals surface area contributed by atoms with Gasteiger partial charge in [-0.05, 0) is 17.5 Å². The van der Waals surface area contributed by atoms with Gasteiger partial charge in [0, 0.05) is 12.6 Å². The van der Waals surface area contributed by atoms with Crippen molar-refractivity contribution in [1.29, 1.82) is 0 Å². The molecule has 3 N–H and O–H groups in total. The van der Waals surface area contributed by atoms with Crippen LogP contribution in [0.15, 0.2) is 20.3 Å². The Hall–Kier alpha value is -1.22. The van der Waals surface area contributed by atoms with E-state index in [1.807, 2.05) is 0 Å². The lowest BCUT2D eigenvalue weighted by Gasteiger charge is -2.14. The quantitative estimate of drug-likeness (QED) is 0.710. The van der Waals surface area contributed by atoms with E-state index in [1.54, 1.807) is 13.0 Å². The molecular weight excluding hydrogens is 332 g/mol. The molecule has 1 aromatic heterocycles. The number of hydrogen-bond acceptors (Lipinski definition) is 5. The minimum absolute atomic E-state index is 0.174. The minimum Gasteiger partial charge on any atom is -0.394 e. The van der Waals surface area contributed by atoms with Gasteiger partial charge in [0.1, 0.15) is 12.3 Å². The molecule has 2 rings (SSSR count). The summed E-state index contributed by atoms with van der Waals surface area (Å²) in [6.45, 7) is 1.43. The fourth-order valence-corrected chi connectivity index (χ4v) is 2.33. The highest BCUT2D eigenvalue weighted by Gasteiger charge is 2.35. The molecule has 3 atom stereocenters. The summed E-state index contributed by atoms with van der Waals surface area (Å²) in [4.78, 5) is 25.7. The van der Waals surface area contributed by atoms with E-state index in [0.29, 0.717) is 5.56 Å². The summed E-state index contributed by atoms with van der Waals surface area (Å²) in [5.74, 6) is 0. The highest BCUT2D eigenvalue weighted by Crippen LogP contribution is 2.27. The summed E-state index contributed by atoms with van der Waals surface area (Å²) in [5.41, 5.74) is -0.818. The van der Waals surface area contributed by atoms with Crippen LogP contribution in [0.4, 0.5) is 0 Å². The number of nitrogens with one attached hydrogen (secondary N) is 1. The largest absolute Gasteiger partial charge is 0.394 e. The van der Waals surface area contributed by atoms with Crippen molar-refractivity contribution in [3.8, 4) is 0 Å². The first-order chi connectivity index (χ1) is 9.42. The summed E-state index contributed by atoms with van der Waals surface area (Å²) in [6, 6.07) is 0. The number of allylic oxidation sites excluding steroid dienone is 1. The van der Waals surface area contributed by atoms with Gasteiger partial charge < -0.3 is 14.9 Å². The molecule has 7 nitrogen and oxygen atoms in total. The van der Waals surface area contributed by atoms with Gasteiger partial charge in [0.25, 0.3) is 5.56 Å². The van der Waals surface area contributed by atoms with Crippen molar-refractivity contribution in [3.63, 3.8) is 0 Å². The van der Waals surface area contributed by atoms with Gasteiger partial charge in [-0.3, -0.25) is 14.3 Å². The standard InChI is InChI=1S/C12H15BrN2O5/c1-6(13)2-7-4-15(12(19)14-11(7)18)10-3-8(17)9(5-16)20-10/h2,4,8-10,16-17H,3,5H2,1H3,(H,14,18,19)/b6-2+/t8-,9+,10+/m0/s1. The molecule has 1 saturated heterocycles. The van der Waals surface area contributed by atoms with E-state index in [-0.39, 0.29) is 13.0 Å². The van der Waals surface area contributed by atoms with E-state index in [9.17, 15) is 14.7 Å². The molecule has 0 aromatic carbocycles. The van der Waals surface area contributed by atoms with E-state index in [1.165, 1.54) is 10.8 Å². The minimum atomic E-state index is -0.847. The predicted molar refractivity (Wildman–Crippen MR) is 75.5 cm³/mol. The zero-order chi connectivity index (χ0) is 14.9. The van der Waals surface area contributed by atoms with Crippen molar-refractivity contribution in [3.05, 3.63) is 37.1 Å². The average Bonchev–Trinajstić information content (AvgIpc) is 2.73. The molecule has 0 amide bonds. The summed E-state index contributed by atoms with van der Waals surface area (Å²) in [6.07, 6.45) is 0.839. The normalized spacial score (nSPS) is 27.0. The highest BCUT2D eigenvalue weighted by atomic mass is 79.9. The van der Waals surface area contributed by atoms with E-state index >= 15 is 0 Å². The zero-order valence-electron chi connectivity index (χ0n) is 10.7. The van der Waals surface area contributed by atoms with Crippen molar-refractivity contribution in [2.24, 2.45) is 0 Å². The lowest BCUT2D eigenvalue weighted by atomic mass is 10.2. The Balaban J connectivity index is 2.40. The summed E-state index contributed by atoms with van der Waals surface area (Å²) < 4.78 is 7.34. The Morgan fingerprint density at radius 1 is 1.65 bits per heavy atom. The number of aromatic amines is 1. The molecule has 2 heterocycles. The Bertz CT molecular complexity index is 631. The lowest BCUT2D eigenvalue weighted by Crippen LogP contribution is -2.33. The van der Waals surface area contributed by atoms with Crippen molar-refractivity contribution in [2.75, 3.05) is 6.61 Å². The van der Waals surface area contributed by atoms with Gasteiger partial charge in [-0.25, -0.2) is 4.79 Å². The lowest BCUT2D eigenvalue weighted by molar-refractivity contribution is -0.0459. The predicted octanol–water partition coefficient (Wildman–Crippen LogP) is -0.0670. The maximum atomic E-state index is 11.8. The van der Waals surface area contributed by atoms with Crippen LogP contribution in [0.25, 0.3) is 6.08 Å². The molecule has 1 aliphatic heterocycles. The average molecular weight is 347 g/mol. The summed E-state index contributed by atoms with van der Waals surface area (Å²) in [7, 11) is 0. The fraction of sp³-hybridized carbons (Fsp3) is 0.500. The fourth-order valence-electron chi connectivity index (χ4n) is 2.08. The SMILES string of the molecule is C/C(Br)=C\c1cn([C@H]2C[C@H](O)[C@@H](CO)O2)c(=O)[nH]c1=O. The first kappa shape index (κ1) is 15.2. The van der Waals surface area contributed by atoms with Crippen LogP contribution in [0, 0.1) is 0 Å². The molecule has 1 aromatic rings. The van der Waals surface area contributed by atoms with E-state index in [4.69, 9.17) is 9.84 Å². The Kier molecular flexibility index (Phi) is 4.59. The van der Waals surface area contributed by atoms with Crippen LogP contribution < -0.4 is 11.2 Å². The van der Waals surface area contributed by atoms with Crippen LogP contribution in [-0.2, 0) is 4.74 Å². The van der Waals surface area contributed by atoms with Gasteiger partial charge >= 0.3 is 5.69 Å². The molecule has 0 saturated carbocycles. The number of aromatic nitrogens is 2. The second kappa shape index (κ2) is 6.04. The Morgan fingerprint density at radius 2 is 2.35 bits per heavy atom. The zero-order valence-corrected chi connectivity index (χ0v) is 12.3. The molecule has 1 aliphatic rings. The molecule has 20 heavy (non-hydrogen) atoms. The molecule has 0 aliphatic carbocycles. The number of halogens is 1. The molecule has 0 bridgehead atoms. The third-order valence-corrected chi connectivity index (χ3v) is 3.27. The molecule has 8 heteroatoms. The number of ether oxygens (including phenoxy) is 1. The van der Waals surface area contributed by atoms with Gasteiger partial charge in [-0.15, -0.1) is 0 Å². The van der Waals surface area contributed by atoms with E-state index < -0.39 is 29.7 Å². The maximum Gasteiger partial charge on any atom is 0.330 e. The number of aliphatic hydroxyl groups is 2. The third-order valence-electron chi connectivity index (χ3n) is 3.04. The van der Waals surface area contributed by atoms with Gasteiger partial charge in [-0.2, -0.15) is 0 Å². The smallest absolute Gasteiger partial charge is 0.330 e. The Labute approximate surface area is 122 Å². The van der Waals surface area contributed by atoms with Gasteiger partial charge in [0.05, 0.1) is 18.3 Å². The first-order valence-electron chi connectivity index (χ1n) is 6.06. The van der Waals surface area contributed by atoms with E-state index in [0.717, 1.165) is 4.48 Å². The number of hydrogen-bond donors (Lipinski definition) is 3. The van der Waals surface area contributed by atoms with Crippen molar-refractivity contribution in [1.82, 2.24) is 9.55 Å². The van der Waals surface area contributed by atoms with Crippen molar-refractivity contribution in [2.45, 2.75) is 31.8 Å². The number of rotatable bonds is 3. The maximum absolute atomic E-state index is 11.8. The number of nitrogens with zero attached hydrogens (tertiary/aromatic N) is 1. The van der Waals surface area contributed by atoms with Crippen LogP contribution in [0.2, 0.25) is 0 Å². The molecule has 0 unspecified atom stereocenters. The number of aliphatic hydroxyl groups excluding tert-OH is 2. The van der Waals surface area contributed by atoms with Crippen LogP contribution in [0.1, 0.15) is 25.1 Å². The van der Waals surface area contributed by atoms with Gasteiger partial charge in [0.15, 0.2) is 0 Å². The van der Waals surface area contributed by atoms with Gasteiger partial charge in [0.2, 0.25) is 0 Å². The second-order valence-corrected chi connectivity index (χ2v) is 5.85. The van der Waals surface area contributed by atoms with Crippen LogP contribution in [0.3, 0.4) is 0 Å². The molecule has 110 valence electrons. The van der Waals surface area contributed by atoms with Crippen LogP contribution in [0.5, 0.6) is 0 Å². The van der Waals surface area contributed by atoms with E-state index in [2.05, 4.69) is 20.9 Å².